The summed E-state index contributed by atoms with van der Waals surface area (Å²) in [6, 6.07) is 10.0. The fourth-order valence-corrected chi connectivity index (χ4v) is 4.25. The standard InChI is InChI=1S/C23H26N6O/c1-15-14-16(2)29-22(24-15)19-20(17-8-10-18(30-3)11-9-17)25-23(26-21(19)27-29)28-12-6-4-5-7-13-28/h8-11,14H,4-7,12-13H2,1-3H3. The van der Waals surface area contributed by atoms with E-state index in [0.717, 1.165) is 58.5 Å². The number of methoxy groups -OCH3 is 1. The number of ether oxygens (including phenoxy) is 1. The average molecular weight is 403 g/mol. The lowest BCUT2D eigenvalue weighted by Crippen LogP contribution is -2.26. The summed E-state index contributed by atoms with van der Waals surface area (Å²) in [6.45, 7) is 6.02. The first kappa shape index (κ1) is 18.8. The maximum absolute atomic E-state index is 5.34. The molecule has 4 heterocycles. The lowest BCUT2D eigenvalue weighted by atomic mass is 10.1. The number of rotatable bonds is 3. The number of fused-ring (bicyclic) bond motifs is 3. The van der Waals surface area contributed by atoms with Crippen molar-refractivity contribution in [1.82, 2.24) is 24.6 Å². The van der Waals surface area contributed by atoms with Crippen molar-refractivity contribution >= 4 is 22.6 Å². The summed E-state index contributed by atoms with van der Waals surface area (Å²) in [5.41, 5.74) is 5.36. The normalized spacial score (nSPS) is 15.0. The van der Waals surface area contributed by atoms with Crippen LogP contribution in [0, 0.1) is 13.8 Å². The zero-order valence-electron chi connectivity index (χ0n) is 17.7. The third-order valence-electron chi connectivity index (χ3n) is 5.78. The highest BCUT2D eigenvalue weighted by atomic mass is 16.5. The molecule has 7 nitrogen and oxygen atoms in total. The Balaban J connectivity index is 1.78. The van der Waals surface area contributed by atoms with Crippen LogP contribution in [0.1, 0.15) is 37.1 Å². The summed E-state index contributed by atoms with van der Waals surface area (Å²) in [5, 5.41) is 5.70. The number of aromatic nitrogens is 5. The van der Waals surface area contributed by atoms with Crippen molar-refractivity contribution in [2.45, 2.75) is 39.5 Å². The molecular weight excluding hydrogens is 376 g/mol. The van der Waals surface area contributed by atoms with Gasteiger partial charge in [-0.05, 0) is 57.0 Å². The zero-order chi connectivity index (χ0) is 20.7. The first-order valence-electron chi connectivity index (χ1n) is 10.6. The SMILES string of the molecule is COc1ccc(-c2nc(N3CCCCCC3)nc3nn4c(C)cc(C)nc4c23)cc1. The van der Waals surface area contributed by atoms with Gasteiger partial charge in [-0.15, -0.1) is 5.10 Å². The highest BCUT2D eigenvalue weighted by molar-refractivity contribution is 6.01. The Morgan fingerprint density at radius 2 is 1.63 bits per heavy atom. The van der Waals surface area contributed by atoms with E-state index >= 15 is 0 Å². The molecule has 1 saturated heterocycles. The molecule has 7 heteroatoms. The lowest BCUT2D eigenvalue weighted by Gasteiger charge is -2.20. The molecule has 1 aliphatic rings. The minimum atomic E-state index is 0.691. The Morgan fingerprint density at radius 1 is 0.900 bits per heavy atom. The van der Waals surface area contributed by atoms with Gasteiger partial charge in [-0.3, -0.25) is 0 Å². The van der Waals surface area contributed by atoms with Gasteiger partial charge in [0.1, 0.15) is 5.75 Å². The first-order valence-corrected chi connectivity index (χ1v) is 10.6. The largest absolute Gasteiger partial charge is 0.497 e. The van der Waals surface area contributed by atoms with Gasteiger partial charge >= 0.3 is 0 Å². The van der Waals surface area contributed by atoms with Gasteiger partial charge in [0.25, 0.3) is 0 Å². The van der Waals surface area contributed by atoms with Gasteiger partial charge in [-0.25, -0.2) is 14.5 Å². The molecule has 0 aliphatic carbocycles. The average Bonchev–Trinajstić information content (AvgIpc) is 2.94. The number of benzene rings is 1. The summed E-state index contributed by atoms with van der Waals surface area (Å²) in [5.74, 6) is 1.58. The van der Waals surface area contributed by atoms with E-state index in [1.54, 1.807) is 7.11 Å². The fourth-order valence-electron chi connectivity index (χ4n) is 4.25. The van der Waals surface area contributed by atoms with E-state index in [9.17, 15) is 0 Å². The molecule has 30 heavy (non-hydrogen) atoms. The monoisotopic (exact) mass is 402 g/mol. The first-order chi connectivity index (χ1) is 14.6. The topological polar surface area (TPSA) is 68.4 Å². The number of hydrogen-bond acceptors (Lipinski definition) is 6. The van der Waals surface area contributed by atoms with Crippen LogP contribution in [0.15, 0.2) is 30.3 Å². The second-order valence-electron chi connectivity index (χ2n) is 7.97. The van der Waals surface area contributed by atoms with E-state index in [-0.39, 0.29) is 0 Å². The molecule has 0 spiro atoms. The van der Waals surface area contributed by atoms with Gasteiger partial charge in [0.2, 0.25) is 5.95 Å². The number of nitrogens with zero attached hydrogens (tertiary/aromatic N) is 6. The van der Waals surface area contributed by atoms with Crippen molar-refractivity contribution in [2.24, 2.45) is 0 Å². The van der Waals surface area contributed by atoms with Crippen molar-refractivity contribution in [2.75, 3.05) is 25.1 Å². The Bertz CT molecular complexity index is 1210. The maximum Gasteiger partial charge on any atom is 0.228 e. The third kappa shape index (κ3) is 3.24. The second-order valence-corrected chi connectivity index (χ2v) is 7.97. The Morgan fingerprint density at radius 3 is 2.33 bits per heavy atom. The van der Waals surface area contributed by atoms with Crippen LogP contribution in [-0.4, -0.2) is 44.8 Å². The van der Waals surface area contributed by atoms with Crippen LogP contribution in [0.5, 0.6) is 5.75 Å². The predicted octanol–water partition coefficient (Wildman–Crippen LogP) is 4.35. The second kappa shape index (κ2) is 7.55. The molecular formula is C23H26N6O. The molecule has 154 valence electrons. The van der Waals surface area contributed by atoms with Crippen LogP contribution < -0.4 is 9.64 Å². The fraction of sp³-hybridized carbons (Fsp3) is 0.391. The van der Waals surface area contributed by atoms with Crippen molar-refractivity contribution in [1.29, 1.82) is 0 Å². The minimum absolute atomic E-state index is 0.691. The summed E-state index contributed by atoms with van der Waals surface area (Å²) in [4.78, 5) is 17.0. The molecule has 0 unspecified atom stereocenters. The Labute approximate surface area is 175 Å². The third-order valence-corrected chi connectivity index (χ3v) is 5.78. The van der Waals surface area contributed by atoms with Crippen molar-refractivity contribution in [3.05, 3.63) is 41.7 Å². The van der Waals surface area contributed by atoms with Gasteiger partial charge in [0, 0.05) is 30.0 Å². The van der Waals surface area contributed by atoms with E-state index < -0.39 is 0 Å². The molecule has 1 aliphatic heterocycles. The highest BCUT2D eigenvalue weighted by Crippen LogP contribution is 2.32. The predicted molar refractivity (Wildman–Crippen MR) is 118 cm³/mol. The van der Waals surface area contributed by atoms with Crippen LogP contribution in [0.2, 0.25) is 0 Å². The van der Waals surface area contributed by atoms with E-state index in [0.29, 0.717) is 5.65 Å². The van der Waals surface area contributed by atoms with Crippen LogP contribution in [0.3, 0.4) is 0 Å². The number of anilines is 1. The quantitative estimate of drug-likeness (QED) is 0.508. The number of hydrogen-bond donors (Lipinski definition) is 0. The molecule has 1 aromatic carbocycles. The molecule has 4 aromatic rings. The van der Waals surface area contributed by atoms with Crippen LogP contribution in [-0.2, 0) is 0 Å². The molecule has 0 saturated carbocycles. The summed E-state index contributed by atoms with van der Waals surface area (Å²) >= 11 is 0. The molecule has 5 rings (SSSR count). The van der Waals surface area contributed by atoms with Gasteiger partial charge < -0.3 is 9.64 Å². The van der Waals surface area contributed by atoms with Gasteiger partial charge in [-0.1, -0.05) is 12.8 Å². The molecule has 0 bridgehead atoms. The summed E-state index contributed by atoms with van der Waals surface area (Å²) in [7, 11) is 1.68. The van der Waals surface area contributed by atoms with E-state index in [1.165, 1.54) is 25.7 Å². The van der Waals surface area contributed by atoms with E-state index in [2.05, 4.69) is 4.90 Å². The number of aryl methyl sites for hydroxylation is 2. The van der Waals surface area contributed by atoms with Gasteiger partial charge in [0.05, 0.1) is 18.2 Å². The van der Waals surface area contributed by atoms with Crippen LogP contribution in [0.4, 0.5) is 5.95 Å². The van der Waals surface area contributed by atoms with E-state index in [4.69, 9.17) is 24.8 Å². The lowest BCUT2D eigenvalue weighted by molar-refractivity contribution is 0.415. The van der Waals surface area contributed by atoms with Crippen molar-refractivity contribution in [3.63, 3.8) is 0 Å². The summed E-state index contributed by atoms with van der Waals surface area (Å²) < 4.78 is 7.22. The molecule has 0 atom stereocenters. The zero-order valence-corrected chi connectivity index (χ0v) is 17.7. The molecule has 0 radical (unpaired) electrons. The smallest absolute Gasteiger partial charge is 0.228 e. The van der Waals surface area contributed by atoms with E-state index in [1.807, 2.05) is 48.7 Å². The van der Waals surface area contributed by atoms with Gasteiger partial charge in [0.15, 0.2) is 11.3 Å². The maximum atomic E-state index is 5.34. The van der Waals surface area contributed by atoms with Crippen molar-refractivity contribution in [3.8, 4) is 17.0 Å². The van der Waals surface area contributed by atoms with Crippen LogP contribution >= 0.6 is 0 Å². The molecule has 0 amide bonds. The highest BCUT2D eigenvalue weighted by Gasteiger charge is 2.21. The molecule has 3 aromatic heterocycles. The van der Waals surface area contributed by atoms with Gasteiger partial charge in [-0.2, -0.15) is 4.98 Å². The molecule has 1 fully saturated rings. The minimum Gasteiger partial charge on any atom is -0.497 e. The summed E-state index contributed by atoms with van der Waals surface area (Å²) in [6.07, 6.45) is 4.87. The Hall–Kier alpha value is -3.22. The van der Waals surface area contributed by atoms with Crippen LogP contribution in [0.25, 0.3) is 27.9 Å². The Kier molecular flexibility index (Phi) is 4.73. The van der Waals surface area contributed by atoms with Crippen molar-refractivity contribution < 1.29 is 4.74 Å². The molecule has 0 N–H and O–H groups in total.